The van der Waals surface area contributed by atoms with E-state index in [4.69, 9.17) is 5.73 Å². The molecule has 0 saturated carbocycles. The molecule has 0 spiro atoms. The van der Waals surface area contributed by atoms with Gasteiger partial charge in [0, 0.05) is 14.6 Å². The molecule has 0 aromatic heterocycles. The van der Waals surface area contributed by atoms with Crippen LogP contribution in [0.1, 0.15) is 0 Å². The summed E-state index contributed by atoms with van der Waals surface area (Å²) in [6.45, 7) is 0. The van der Waals surface area contributed by atoms with Crippen molar-refractivity contribution in [3.8, 4) is 0 Å². The number of benzene rings is 2. The SMILES string of the molecule is Nc1ccc(S(=O)(=O)Nc2cc(F)ccc2Br)cc1Br. The highest BCUT2D eigenvalue weighted by Gasteiger charge is 2.17. The lowest BCUT2D eigenvalue weighted by atomic mass is 10.3. The molecule has 106 valence electrons. The Balaban J connectivity index is 2.40. The van der Waals surface area contributed by atoms with E-state index in [0.717, 1.165) is 6.07 Å². The van der Waals surface area contributed by atoms with Gasteiger partial charge >= 0.3 is 0 Å². The number of hydrogen-bond acceptors (Lipinski definition) is 3. The third-order valence-electron chi connectivity index (χ3n) is 2.45. The number of nitrogen functional groups attached to an aromatic ring is 1. The van der Waals surface area contributed by atoms with Gasteiger partial charge in [-0.1, -0.05) is 0 Å². The van der Waals surface area contributed by atoms with E-state index in [2.05, 4.69) is 36.6 Å². The van der Waals surface area contributed by atoms with E-state index in [9.17, 15) is 12.8 Å². The number of anilines is 2. The maximum atomic E-state index is 13.2. The molecule has 0 heterocycles. The predicted molar refractivity (Wildman–Crippen MR) is 83.5 cm³/mol. The lowest BCUT2D eigenvalue weighted by Crippen LogP contribution is -2.13. The van der Waals surface area contributed by atoms with Crippen LogP contribution in [-0.4, -0.2) is 8.42 Å². The van der Waals surface area contributed by atoms with E-state index >= 15 is 0 Å². The molecule has 0 bridgehead atoms. The molecule has 4 nitrogen and oxygen atoms in total. The fourth-order valence-electron chi connectivity index (χ4n) is 1.45. The summed E-state index contributed by atoms with van der Waals surface area (Å²) in [5, 5.41) is 0. The minimum Gasteiger partial charge on any atom is -0.398 e. The van der Waals surface area contributed by atoms with Crippen LogP contribution in [0.2, 0.25) is 0 Å². The van der Waals surface area contributed by atoms with Gasteiger partial charge in [-0.05, 0) is 68.3 Å². The third-order valence-corrected chi connectivity index (χ3v) is 5.20. The molecular weight excluding hydrogens is 415 g/mol. The summed E-state index contributed by atoms with van der Waals surface area (Å²) in [5.74, 6) is -0.538. The van der Waals surface area contributed by atoms with Crippen molar-refractivity contribution >= 4 is 53.3 Å². The summed E-state index contributed by atoms with van der Waals surface area (Å²) in [6.07, 6.45) is 0. The number of rotatable bonds is 3. The minimum absolute atomic E-state index is 0.0229. The Bertz CT molecular complexity index is 766. The van der Waals surface area contributed by atoms with Gasteiger partial charge in [0.1, 0.15) is 5.82 Å². The van der Waals surface area contributed by atoms with Crippen LogP contribution in [0.15, 0.2) is 50.2 Å². The number of hydrogen-bond donors (Lipinski definition) is 2. The highest BCUT2D eigenvalue weighted by molar-refractivity contribution is 9.11. The molecular formula is C12H9Br2FN2O2S. The number of nitrogens with two attached hydrogens (primary N) is 1. The Morgan fingerprint density at radius 2 is 1.75 bits per heavy atom. The topological polar surface area (TPSA) is 72.2 Å². The molecule has 8 heteroatoms. The fourth-order valence-corrected chi connectivity index (χ4v) is 3.56. The Hall–Kier alpha value is -1.12. The number of sulfonamides is 1. The van der Waals surface area contributed by atoms with Crippen molar-refractivity contribution < 1.29 is 12.8 Å². The highest BCUT2D eigenvalue weighted by atomic mass is 79.9. The van der Waals surface area contributed by atoms with E-state index in [1.165, 1.54) is 30.3 Å². The zero-order chi connectivity index (χ0) is 14.9. The smallest absolute Gasteiger partial charge is 0.261 e. The largest absolute Gasteiger partial charge is 0.398 e. The van der Waals surface area contributed by atoms with Gasteiger partial charge in [-0.25, -0.2) is 12.8 Å². The quantitative estimate of drug-likeness (QED) is 0.738. The first-order valence-electron chi connectivity index (χ1n) is 5.32. The number of nitrogens with one attached hydrogen (secondary N) is 1. The van der Waals surface area contributed by atoms with E-state index in [-0.39, 0.29) is 10.6 Å². The Morgan fingerprint density at radius 1 is 1.05 bits per heavy atom. The average Bonchev–Trinajstić information content (AvgIpc) is 2.36. The van der Waals surface area contributed by atoms with Crippen LogP contribution in [0, 0.1) is 5.82 Å². The van der Waals surface area contributed by atoms with Gasteiger partial charge in [0.15, 0.2) is 0 Å². The lowest BCUT2D eigenvalue weighted by Gasteiger charge is -2.10. The molecule has 0 aliphatic carbocycles. The first kappa shape index (κ1) is 15.3. The summed E-state index contributed by atoms with van der Waals surface area (Å²) in [5.41, 5.74) is 6.16. The van der Waals surface area contributed by atoms with Crippen LogP contribution in [0.5, 0.6) is 0 Å². The Labute approximate surface area is 132 Å². The monoisotopic (exact) mass is 422 g/mol. The molecule has 0 unspecified atom stereocenters. The summed E-state index contributed by atoms with van der Waals surface area (Å²) >= 11 is 6.32. The molecule has 0 fully saturated rings. The van der Waals surface area contributed by atoms with Gasteiger partial charge in [-0.2, -0.15) is 0 Å². The standard InChI is InChI=1S/C12H9Br2FN2O2S/c13-9-3-1-7(15)5-12(9)17-20(18,19)8-2-4-11(16)10(14)6-8/h1-6,17H,16H2. The molecule has 3 N–H and O–H groups in total. The first-order chi connectivity index (χ1) is 9.29. The van der Waals surface area contributed by atoms with Crippen molar-refractivity contribution in [2.24, 2.45) is 0 Å². The summed E-state index contributed by atoms with van der Waals surface area (Å²) in [4.78, 5) is 0.0229. The second-order valence-corrected chi connectivity index (χ2v) is 7.30. The lowest BCUT2D eigenvalue weighted by molar-refractivity contribution is 0.601. The van der Waals surface area contributed by atoms with Crippen molar-refractivity contribution in [1.29, 1.82) is 0 Å². The zero-order valence-electron chi connectivity index (χ0n) is 9.90. The van der Waals surface area contributed by atoms with Gasteiger partial charge in [-0.3, -0.25) is 4.72 Å². The van der Waals surface area contributed by atoms with Crippen molar-refractivity contribution in [3.63, 3.8) is 0 Å². The molecule has 0 saturated heterocycles. The molecule has 0 amide bonds. The highest BCUT2D eigenvalue weighted by Crippen LogP contribution is 2.28. The van der Waals surface area contributed by atoms with Crippen molar-refractivity contribution in [1.82, 2.24) is 0 Å². The van der Waals surface area contributed by atoms with Crippen molar-refractivity contribution in [3.05, 3.63) is 51.2 Å². The fraction of sp³-hybridized carbons (Fsp3) is 0. The van der Waals surface area contributed by atoms with E-state index in [0.29, 0.717) is 14.6 Å². The molecule has 20 heavy (non-hydrogen) atoms. The van der Waals surface area contributed by atoms with Crippen molar-refractivity contribution in [2.45, 2.75) is 4.90 Å². The molecule has 2 aromatic carbocycles. The van der Waals surface area contributed by atoms with Crippen LogP contribution >= 0.6 is 31.9 Å². The Morgan fingerprint density at radius 3 is 2.40 bits per heavy atom. The first-order valence-corrected chi connectivity index (χ1v) is 8.39. The van der Waals surface area contributed by atoms with Crippen LogP contribution in [-0.2, 0) is 10.0 Å². The normalized spacial score (nSPS) is 11.3. The molecule has 0 aliphatic heterocycles. The summed E-state index contributed by atoms with van der Waals surface area (Å²) in [6, 6.07) is 7.96. The molecule has 0 radical (unpaired) electrons. The molecule has 0 atom stereocenters. The maximum absolute atomic E-state index is 13.2. The molecule has 2 aromatic rings. The summed E-state index contributed by atoms with van der Waals surface area (Å²) in [7, 11) is -3.82. The van der Waals surface area contributed by atoms with Crippen LogP contribution in [0.25, 0.3) is 0 Å². The van der Waals surface area contributed by atoms with Crippen LogP contribution in [0.3, 0.4) is 0 Å². The van der Waals surface area contributed by atoms with Crippen LogP contribution < -0.4 is 10.5 Å². The van der Waals surface area contributed by atoms with E-state index in [1.54, 1.807) is 0 Å². The van der Waals surface area contributed by atoms with Gasteiger partial charge in [0.25, 0.3) is 10.0 Å². The van der Waals surface area contributed by atoms with Crippen LogP contribution in [0.4, 0.5) is 15.8 Å². The van der Waals surface area contributed by atoms with Gasteiger partial charge in [0.2, 0.25) is 0 Å². The zero-order valence-corrected chi connectivity index (χ0v) is 13.9. The number of halogens is 3. The predicted octanol–water partition coefficient (Wildman–Crippen LogP) is 3.73. The second-order valence-electron chi connectivity index (χ2n) is 3.91. The van der Waals surface area contributed by atoms with E-state index < -0.39 is 15.8 Å². The van der Waals surface area contributed by atoms with Gasteiger partial charge in [-0.15, -0.1) is 0 Å². The third kappa shape index (κ3) is 3.31. The molecule has 0 aliphatic rings. The summed E-state index contributed by atoms with van der Waals surface area (Å²) < 4.78 is 40.8. The maximum Gasteiger partial charge on any atom is 0.261 e. The van der Waals surface area contributed by atoms with E-state index in [1.807, 2.05) is 0 Å². The van der Waals surface area contributed by atoms with Crippen molar-refractivity contribution in [2.75, 3.05) is 10.5 Å². The minimum atomic E-state index is -3.82. The molecule has 2 rings (SSSR count). The Kier molecular flexibility index (Phi) is 4.36. The van der Waals surface area contributed by atoms with Gasteiger partial charge in [0.05, 0.1) is 10.6 Å². The second kappa shape index (κ2) is 5.71. The van der Waals surface area contributed by atoms with Gasteiger partial charge < -0.3 is 5.73 Å². The average molecular weight is 424 g/mol.